The van der Waals surface area contributed by atoms with Crippen molar-refractivity contribution in [3.63, 3.8) is 0 Å². The fourth-order valence-corrected chi connectivity index (χ4v) is 3.18. The highest BCUT2D eigenvalue weighted by atomic mass is 16.5. The molecule has 0 spiro atoms. The Morgan fingerprint density at radius 1 is 1.16 bits per heavy atom. The number of carbonyl (C=O) groups excluding carboxylic acids is 1. The van der Waals surface area contributed by atoms with Crippen molar-refractivity contribution in [1.29, 1.82) is 0 Å². The highest BCUT2D eigenvalue weighted by molar-refractivity contribution is 5.79. The van der Waals surface area contributed by atoms with E-state index in [0.29, 0.717) is 30.4 Å². The fraction of sp³-hybridized carbons (Fsp3) is 0.316. The number of hydrogen-bond donors (Lipinski definition) is 0. The first kappa shape index (κ1) is 15.6. The normalized spacial score (nSPS) is 17.4. The molecule has 0 N–H and O–H groups in total. The molecule has 0 saturated carbocycles. The van der Waals surface area contributed by atoms with Crippen LogP contribution in [0, 0.1) is 0 Å². The molecule has 1 aliphatic heterocycles. The number of hydrogen-bond acceptors (Lipinski definition) is 5. The van der Waals surface area contributed by atoms with Crippen molar-refractivity contribution in [3.8, 4) is 11.7 Å². The Kier molecular flexibility index (Phi) is 4.33. The van der Waals surface area contributed by atoms with Crippen LogP contribution in [0.2, 0.25) is 0 Å². The molecular formula is C19H19N3O3. The van der Waals surface area contributed by atoms with Gasteiger partial charge in [0, 0.05) is 25.4 Å². The predicted octanol–water partition coefficient (Wildman–Crippen LogP) is 3.28. The summed E-state index contributed by atoms with van der Waals surface area (Å²) >= 11 is 0. The van der Waals surface area contributed by atoms with E-state index < -0.39 is 0 Å². The van der Waals surface area contributed by atoms with Crippen LogP contribution in [-0.2, 0) is 11.2 Å². The number of amides is 1. The standard InChI is InChI=1S/C19H19N3O3/c23-17-12-15(18-20-19(25-21-18)16-9-5-11-24-16)13-22(17)10-4-8-14-6-2-1-3-7-14/h1-3,5-7,9,11,15H,4,8,10,12-13H2. The molecule has 3 heterocycles. The highest BCUT2D eigenvalue weighted by Crippen LogP contribution is 2.28. The van der Waals surface area contributed by atoms with Crippen molar-refractivity contribution >= 4 is 5.91 Å². The summed E-state index contributed by atoms with van der Waals surface area (Å²) in [7, 11) is 0. The Morgan fingerprint density at radius 3 is 2.84 bits per heavy atom. The Balaban J connectivity index is 1.34. The van der Waals surface area contributed by atoms with Gasteiger partial charge in [0.2, 0.25) is 5.91 Å². The zero-order valence-corrected chi connectivity index (χ0v) is 13.8. The van der Waals surface area contributed by atoms with Crippen LogP contribution in [0.3, 0.4) is 0 Å². The molecule has 3 aromatic rings. The molecule has 1 aromatic carbocycles. The second kappa shape index (κ2) is 6.93. The summed E-state index contributed by atoms with van der Waals surface area (Å²) in [4.78, 5) is 18.5. The van der Waals surface area contributed by atoms with Crippen molar-refractivity contribution < 1.29 is 13.7 Å². The predicted molar refractivity (Wildman–Crippen MR) is 90.7 cm³/mol. The third-order valence-corrected chi connectivity index (χ3v) is 4.49. The molecule has 25 heavy (non-hydrogen) atoms. The van der Waals surface area contributed by atoms with E-state index in [1.54, 1.807) is 18.4 Å². The Bertz CT molecular complexity index is 827. The van der Waals surface area contributed by atoms with E-state index in [1.807, 2.05) is 23.1 Å². The average Bonchev–Trinajstić information content (AvgIpc) is 3.36. The molecule has 0 radical (unpaired) electrons. The molecule has 1 amide bonds. The number of rotatable bonds is 6. The van der Waals surface area contributed by atoms with Crippen LogP contribution in [0.15, 0.2) is 57.7 Å². The van der Waals surface area contributed by atoms with Gasteiger partial charge in [-0.1, -0.05) is 35.5 Å². The van der Waals surface area contributed by atoms with E-state index in [-0.39, 0.29) is 11.8 Å². The van der Waals surface area contributed by atoms with Gasteiger partial charge < -0.3 is 13.8 Å². The van der Waals surface area contributed by atoms with Gasteiger partial charge in [-0.2, -0.15) is 4.98 Å². The lowest BCUT2D eigenvalue weighted by atomic mass is 10.1. The third kappa shape index (κ3) is 3.47. The summed E-state index contributed by atoms with van der Waals surface area (Å²) in [5.41, 5.74) is 1.30. The molecule has 4 rings (SSSR count). The van der Waals surface area contributed by atoms with Crippen LogP contribution in [-0.4, -0.2) is 34.0 Å². The zero-order valence-electron chi connectivity index (χ0n) is 13.8. The molecule has 128 valence electrons. The topological polar surface area (TPSA) is 72.4 Å². The molecule has 1 aliphatic rings. The van der Waals surface area contributed by atoms with E-state index >= 15 is 0 Å². The summed E-state index contributed by atoms with van der Waals surface area (Å²) in [5.74, 6) is 1.61. The number of likely N-dealkylation sites (tertiary alicyclic amines) is 1. The molecule has 2 aromatic heterocycles. The van der Waals surface area contributed by atoms with Gasteiger partial charge in [-0.25, -0.2) is 0 Å². The maximum Gasteiger partial charge on any atom is 0.293 e. The minimum Gasteiger partial charge on any atom is -0.459 e. The minimum atomic E-state index is -0.0170. The van der Waals surface area contributed by atoms with Crippen LogP contribution < -0.4 is 0 Å². The van der Waals surface area contributed by atoms with Crippen molar-refractivity contribution in [2.24, 2.45) is 0 Å². The first-order valence-electron chi connectivity index (χ1n) is 8.49. The van der Waals surface area contributed by atoms with Gasteiger partial charge in [-0.15, -0.1) is 0 Å². The maximum atomic E-state index is 12.3. The van der Waals surface area contributed by atoms with E-state index in [4.69, 9.17) is 8.94 Å². The number of furan rings is 1. The second-order valence-corrected chi connectivity index (χ2v) is 6.26. The van der Waals surface area contributed by atoms with Crippen molar-refractivity contribution in [3.05, 3.63) is 60.1 Å². The summed E-state index contributed by atoms with van der Waals surface area (Å²) < 4.78 is 10.5. The molecule has 0 aliphatic carbocycles. The summed E-state index contributed by atoms with van der Waals surface area (Å²) in [5, 5.41) is 4.03. The molecule has 6 heteroatoms. The maximum absolute atomic E-state index is 12.3. The Labute approximate surface area is 145 Å². The molecular weight excluding hydrogens is 318 g/mol. The Morgan fingerprint density at radius 2 is 2.04 bits per heavy atom. The molecule has 0 bridgehead atoms. The quantitative estimate of drug-likeness (QED) is 0.690. The van der Waals surface area contributed by atoms with Crippen LogP contribution in [0.25, 0.3) is 11.7 Å². The summed E-state index contributed by atoms with van der Waals surface area (Å²) in [6.45, 7) is 1.40. The van der Waals surface area contributed by atoms with Crippen molar-refractivity contribution in [2.75, 3.05) is 13.1 Å². The van der Waals surface area contributed by atoms with E-state index in [1.165, 1.54) is 5.56 Å². The largest absolute Gasteiger partial charge is 0.459 e. The van der Waals surface area contributed by atoms with Crippen LogP contribution >= 0.6 is 0 Å². The Hall–Kier alpha value is -2.89. The fourth-order valence-electron chi connectivity index (χ4n) is 3.18. The summed E-state index contributed by atoms with van der Waals surface area (Å²) in [6.07, 6.45) is 3.92. The molecule has 1 fully saturated rings. The van der Waals surface area contributed by atoms with Crippen LogP contribution in [0.1, 0.15) is 30.1 Å². The van der Waals surface area contributed by atoms with E-state index in [2.05, 4.69) is 22.3 Å². The van der Waals surface area contributed by atoms with Crippen LogP contribution in [0.5, 0.6) is 0 Å². The first-order valence-corrected chi connectivity index (χ1v) is 8.49. The summed E-state index contributed by atoms with van der Waals surface area (Å²) in [6, 6.07) is 13.9. The molecule has 1 saturated heterocycles. The van der Waals surface area contributed by atoms with E-state index in [9.17, 15) is 4.79 Å². The average molecular weight is 337 g/mol. The second-order valence-electron chi connectivity index (χ2n) is 6.26. The minimum absolute atomic E-state index is 0.0170. The molecule has 1 unspecified atom stereocenters. The number of benzene rings is 1. The first-order chi connectivity index (χ1) is 12.3. The van der Waals surface area contributed by atoms with Gasteiger partial charge in [-0.05, 0) is 30.5 Å². The number of aryl methyl sites for hydroxylation is 1. The number of carbonyl (C=O) groups is 1. The van der Waals surface area contributed by atoms with Gasteiger partial charge in [0.1, 0.15) is 0 Å². The number of aromatic nitrogens is 2. The van der Waals surface area contributed by atoms with Crippen molar-refractivity contribution in [2.45, 2.75) is 25.2 Å². The lowest BCUT2D eigenvalue weighted by Crippen LogP contribution is -2.26. The van der Waals surface area contributed by atoms with Crippen LogP contribution in [0.4, 0.5) is 0 Å². The third-order valence-electron chi connectivity index (χ3n) is 4.49. The van der Waals surface area contributed by atoms with Gasteiger partial charge in [0.05, 0.1) is 6.26 Å². The van der Waals surface area contributed by atoms with Crippen molar-refractivity contribution in [1.82, 2.24) is 15.0 Å². The highest BCUT2D eigenvalue weighted by Gasteiger charge is 2.33. The van der Waals surface area contributed by atoms with Gasteiger partial charge in [-0.3, -0.25) is 4.79 Å². The monoisotopic (exact) mass is 337 g/mol. The smallest absolute Gasteiger partial charge is 0.293 e. The lowest BCUT2D eigenvalue weighted by molar-refractivity contribution is -0.127. The van der Waals surface area contributed by atoms with Gasteiger partial charge in [0.15, 0.2) is 11.6 Å². The molecule has 1 atom stereocenters. The molecule has 6 nitrogen and oxygen atoms in total. The lowest BCUT2D eigenvalue weighted by Gasteiger charge is -2.15. The van der Waals surface area contributed by atoms with Gasteiger partial charge in [0.25, 0.3) is 5.89 Å². The zero-order chi connectivity index (χ0) is 17.1. The SMILES string of the molecule is O=C1CC(c2noc(-c3ccco3)n2)CN1CCCc1ccccc1. The number of nitrogens with zero attached hydrogens (tertiary/aromatic N) is 3. The van der Waals surface area contributed by atoms with Gasteiger partial charge >= 0.3 is 0 Å². The van der Waals surface area contributed by atoms with E-state index in [0.717, 1.165) is 19.4 Å².